The average molecular weight is 485 g/mol. The van der Waals surface area contributed by atoms with E-state index >= 15 is 0 Å². The number of ether oxygens (including phenoxy) is 2. The molecule has 0 unspecified atom stereocenters. The summed E-state index contributed by atoms with van der Waals surface area (Å²) in [5, 5.41) is 11.1. The third-order valence-corrected chi connectivity index (χ3v) is 8.98. The lowest BCUT2D eigenvalue weighted by atomic mass is 9.51. The molecule has 0 aromatic heterocycles. The number of carbonyl (C=O) groups is 1. The van der Waals surface area contributed by atoms with Crippen molar-refractivity contribution in [1.29, 1.82) is 0 Å². The Labute approximate surface area is 212 Å². The predicted molar refractivity (Wildman–Crippen MR) is 137 cm³/mol. The number of nitrogens with zero attached hydrogens (tertiary/aromatic N) is 2. The van der Waals surface area contributed by atoms with Crippen molar-refractivity contribution in [3.63, 3.8) is 0 Å². The van der Waals surface area contributed by atoms with Gasteiger partial charge in [0.05, 0.1) is 13.2 Å². The number of likely N-dealkylation sites (N-methyl/N-ethyl adjacent to an activating group) is 1. The zero-order chi connectivity index (χ0) is 25.0. The lowest BCUT2D eigenvalue weighted by molar-refractivity contribution is -0.134. The fraction of sp³-hybridized carbons (Fsp3) is 0.433. The van der Waals surface area contributed by atoms with Crippen molar-refractivity contribution in [3.8, 4) is 29.1 Å². The van der Waals surface area contributed by atoms with Crippen molar-refractivity contribution in [2.75, 3.05) is 27.2 Å². The molecule has 2 aliphatic heterocycles. The highest BCUT2D eigenvalue weighted by Gasteiger charge is 2.66. The highest BCUT2D eigenvalue weighted by Crippen LogP contribution is 2.65. The van der Waals surface area contributed by atoms with Crippen molar-refractivity contribution >= 4 is 5.91 Å². The van der Waals surface area contributed by atoms with E-state index in [0.717, 1.165) is 61.2 Å². The van der Waals surface area contributed by atoms with Crippen LogP contribution in [0.2, 0.25) is 0 Å². The molecule has 2 heterocycles. The topological polar surface area (TPSA) is 62.2 Å². The van der Waals surface area contributed by atoms with Crippen molar-refractivity contribution in [3.05, 3.63) is 65.7 Å². The molecule has 2 aromatic rings. The molecule has 6 rings (SSSR count). The van der Waals surface area contributed by atoms with Gasteiger partial charge in [-0.15, -0.1) is 6.58 Å². The first-order chi connectivity index (χ1) is 17.5. The van der Waals surface area contributed by atoms with Gasteiger partial charge in [0.1, 0.15) is 11.9 Å². The molecule has 4 aliphatic rings. The first-order valence-electron chi connectivity index (χ1n) is 12.8. The van der Waals surface area contributed by atoms with E-state index in [4.69, 9.17) is 9.47 Å². The molecule has 36 heavy (non-hydrogen) atoms. The molecule has 1 saturated carbocycles. The Morgan fingerprint density at radius 1 is 1.36 bits per heavy atom. The van der Waals surface area contributed by atoms with Crippen LogP contribution in [0.4, 0.5) is 0 Å². The Hall–Kier alpha value is -3.43. The van der Waals surface area contributed by atoms with Gasteiger partial charge in [-0.2, -0.15) is 0 Å². The SMILES string of the molecule is C=CCN1CC[C@]23c4c5c(O)cc(OC)c4O[C@H]2[C@@H](N(C)C(=O)C#Cc2ccccc2)CC[C@H]3[C@H]1C5. The lowest BCUT2D eigenvalue weighted by Gasteiger charge is -2.60. The van der Waals surface area contributed by atoms with Crippen LogP contribution in [0.5, 0.6) is 17.2 Å². The molecule has 2 aromatic carbocycles. The Kier molecular flexibility index (Phi) is 5.49. The van der Waals surface area contributed by atoms with Gasteiger partial charge in [0.25, 0.3) is 5.91 Å². The highest BCUT2D eigenvalue weighted by molar-refractivity contribution is 5.94. The number of methoxy groups -OCH3 is 1. The molecule has 1 amide bonds. The summed E-state index contributed by atoms with van der Waals surface area (Å²) in [6.07, 6.45) is 5.30. The number of aromatic hydroxyl groups is 1. The van der Waals surface area contributed by atoms with E-state index in [2.05, 4.69) is 23.3 Å². The summed E-state index contributed by atoms with van der Waals surface area (Å²) in [4.78, 5) is 17.5. The summed E-state index contributed by atoms with van der Waals surface area (Å²) < 4.78 is 12.5. The minimum atomic E-state index is -0.262. The number of carbonyl (C=O) groups excluding carboxylic acids is 1. The Balaban J connectivity index is 1.41. The molecule has 1 spiro atoms. The number of amides is 1. The van der Waals surface area contributed by atoms with Crippen molar-refractivity contribution in [2.45, 2.75) is 49.3 Å². The number of hydrogen-bond acceptors (Lipinski definition) is 5. The summed E-state index contributed by atoms with van der Waals surface area (Å²) in [5.41, 5.74) is 2.65. The Bertz CT molecular complexity index is 1280. The maximum atomic E-state index is 13.2. The minimum Gasteiger partial charge on any atom is -0.508 e. The zero-order valence-electron chi connectivity index (χ0n) is 20.9. The third-order valence-electron chi connectivity index (χ3n) is 8.98. The van der Waals surface area contributed by atoms with Crippen LogP contribution in [0.3, 0.4) is 0 Å². The van der Waals surface area contributed by atoms with Gasteiger partial charge in [-0.05, 0) is 50.3 Å². The van der Waals surface area contributed by atoms with Gasteiger partial charge in [0.2, 0.25) is 0 Å². The number of benzene rings is 2. The molecule has 6 nitrogen and oxygen atoms in total. The normalized spacial score (nSPS) is 29.3. The molecule has 186 valence electrons. The molecule has 2 bridgehead atoms. The van der Waals surface area contributed by atoms with Gasteiger partial charge in [0, 0.05) is 53.7 Å². The molecule has 2 fully saturated rings. The number of hydrogen-bond donors (Lipinski definition) is 1. The maximum Gasteiger partial charge on any atom is 0.298 e. The number of phenolic OH excluding ortho intramolecular Hbond substituents is 1. The third kappa shape index (κ3) is 3.19. The molecule has 5 atom stereocenters. The highest BCUT2D eigenvalue weighted by atomic mass is 16.5. The quantitative estimate of drug-likeness (QED) is 0.532. The fourth-order valence-electron chi connectivity index (χ4n) is 7.48. The van der Waals surface area contributed by atoms with Crippen LogP contribution >= 0.6 is 0 Å². The smallest absolute Gasteiger partial charge is 0.298 e. The van der Waals surface area contributed by atoms with Crippen LogP contribution < -0.4 is 9.47 Å². The van der Waals surface area contributed by atoms with Crippen molar-refractivity contribution in [2.24, 2.45) is 5.92 Å². The zero-order valence-corrected chi connectivity index (χ0v) is 20.9. The van der Waals surface area contributed by atoms with Crippen LogP contribution in [0.25, 0.3) is 0 Å². The predicted octanol–water partition coefficient (Wildman–Crippen LogP) is 3.50. The summed E-state index contributed by atoms with van der Waals surface area (Å²) in [7, 11) is 3.46. The number of phenols is 1. The minimum absolute atomic E-state index is 0.115. The van der Waals surface area contributed by atoms with Crippen LogP contribution in [-0.4, -0.2) is 66.2 Å². The van der Waals surface area contributed by atoms with Gasteiger partial charge in [0.15, 0.2) is 11.5 Å². The molecular weight excluding hydrogens is 452 g/mol. The van der Waals surface area contributed by atoms with Crippen LogP contribution in [0, 0.1) is 17.8 Å². The van der Waals surface area contributed by atoms with E-state index in [1.165, 1.54) is 0 Å². The number of rotatable bonds is 4. The van der Waals surface area contributed by atoms with Gasteiger partial charge >= 0.3 is 0 Å². The molecule has 0 radical (unpaired) electrons. The molecule has 1 N–H and O–H groups in total. The second-order valence-electron chi connectivity index (χ2n) is 10.4. The molecule has 1 saturated heterocycles. The lowest BCUT2D eigenvalue weighted by Crippen LogP contribution is -2.68. The van der Waals surface area contributed by atoms with Crippen LogP contribution in [0.15, 0.2) is 49.1 Å². The second kappa shape index (κ2) is 8.60. The van der Waals surface area contributed by atoms with Gasteiger partial charge < -0.3 is 19.5 Å². The van der Waals surface area contributed by atoms with Gasteiger partial charge in [-0.1, -0.05) is 30.2 Å². The summed E-state index contributed by atoms with van der Waals surface area (Å²) in [6.45, 7) is 5.74. The first kappa shape index (κ1) is 23.0. The van der Waals surface area contributed by atoms with E-state index < -0.39 is 0 Å². The summed E-state index contributed by atoms with van der Waals surface area (Å²) in [6, 6.07) is 11.5. The molecule has 6 heteroatoms. The van der Waals surface area contributed by atoms with E-state index in [1.54, 1.807) is 18.1 Å². The van der Waals surface area contributed by atoms with Crippen molar-refractivity contribution in [1.82, 2.24) is 9.80 Å². The first-order valence-corrected chi connectivity index (χ1v) is 12.8. The maximum absolute atomic E-state index is 13.2. The fourth-order valence-corrected chi connectivity index (χ4v) is 7.48. The van der Waals surface area contributed by atoms with Crippen LogP contribution in [0.1, 0.15) is 36.0 Å². The average Bonchev–Trinajstić information content (AvgIpc) is 3.24. The van der Waals surface area contributed by atoms with E-state index in [1.807, 2.05) is 43.5 Å². The second-order valence-corrected chi connectivity index (χ2v) is 10.4. The largest absolute Gasteiger partial charge is 0.508 e. The Morgan fingerprint density at radius 2 is 2.17 bits per heavy atom. The number of piperidine rings is 1. The number of likely N-dealkylation sites (tertiary alicyclic amines) is 1. The van der Waals surface area contributed by atoms with Gasteiger partial charge in [-0.25, -0.2) is 0 Å². The summed E-state index contributed by atoms with van der Waals surface area (Å²) in [5.74, 6) is 7.62. The monoisotopic (exact) mass is 484 g/mol. The van der Waals surface area contributed by atoms with E-state index in [-0.39, 0.29) is 29.2 Å². The van der Waals surface area contributed by atoms with Gasteiger partial charge in [-0.3, -0.25) is 9.69 Å². The van der Waals surface area contributed by atoms with Crippen LogP contribution in [-0.2, 0) is 16.6 Å². The summed E-state index contributed by atoms with van der Waals surface area (Å²) >= 11 is 0. The van der Waals surface area contributed by atoms with E-state index in [9.17, 15) is 9.90 Å². The van der Waals surface area contributed by atoms with Crippen molar-refractivity contribution < 1.29 is 19.4 Å². The standard InChI is InChI=1S/C30H32N2O4/c1-4-15-32-16-14-30-21-11-12-22(31(2)26(34)13-10-19-8-6-5-7-9-19)29(30)36-28-25(35-3)18-24(33)20(27(28)30)17-23(21)32/h4-9,18,21-23,29,33H,1,11-12,14-17H2,2-3H3/t21-,22-,23+,29-,30-/m0/s1. The molecule has 2 aliphatic carbocycles. The molecular formula is C30H32N2O4. The van der Waals surface area contributed by atoms with E-state index in [0.29, 0.717) is 17.7 Å². The Morgan fingerprint density at radius 3 is 2.92 bits per heavy atom.